The van der Waals surface area contributed by atoms with Gasteiger partial charge in [-0.2, -0.15) is 0 Å². The topological polar surface area (TPSA) is 51.5 Å². The van der Waals surface area contributed by atoms with Crippen molar-refractivity contribution in [2.45, 2.75) is 6.54 Å². The van der Waals surface area contributed by atoms with Crippen molar-refractivity contribution in [2.24, 2.45) is 0 Å². The smallest absolute Gasteiger partial charge is 0.374 e. The predicted molar refractivity (Wildman–Crippen MR) is 76.5 cm³/mol. The highest BCUT2D eigenvalue weighted by molar-refractivity contribution is 14.1. The van der Waals surface area contributed by atoms with Crippen LogP contribution in [0.3, 0.4) is 0 Å². The number of benzene rings is 1. The van der Waals surface area contributed by atoms with Gasteiger partial charge in [-0.3, -0.25) is 0 Å². The van der Waals surface area contributed by atoms with Crippen LogP contribution in [0.4, 0.5) is 10.1 Å². The number of nitrogens with one attached hydrogen (secondary N) is 1. The second kappa shape index (κ2) is 6.05. The molecule has 0 bridgehead atoms. The third-order valence-corrected chi connectivity index (χ3v) is 3.41. The standard InChI is InChI=1S/C13H11FINO3/c1-18-13(17)12-8(4-5-19-12)7-16-11-3-2-9(14)6-10(11)15/h2-6,16H,7H2,1H3. The van der Waals surface area contributed by atoms with E-state index in [1.54, 1.807) is 12.1 Å². The summed E-state index contributed by atoms with van der Waals surface area (Å²) in [6.07, 6.45) is 1.43. The monoisotopic (exact) mass is 375 g/mol. The van der Waals surface area contributed by atoms with Gasteiger partial charge in [0.1, 0.15) is 5.82 Å². The lowest BCUT2D eigenvalue weighted by Crippen LogP contribution is -2.07. The van der Waals surface area contributed by atoms with Gasteiger partial charge in [0, 0.05) is 21.4 Å². The number of rotatable bonds is 4. The number of carbonyl (C=O) groups is 1. The van der Waals surface area contributed by atoms with Gasteiger partial charge >= 0.3 is 5.97 Å². The summed E-state index contributed by atoms with van der Waals surface area (Å²) < 4.78 is 23.4. The molecule has 19 heavy (non-hydrogen) atoms. The third kappa shape index (κ3) is 3.25. The molecule has 4 nitrogen and oxygen atoms in total. The minimum atomic E-state index is -0.518. The number of furan rings is 1. The lowest BCUT2D eigenvalue weighted by Gasteiger charge is -2.08. The van der Waals surface area contributed by atoms with Crippen LogP contribution in [-0.2, 0) is 11.3 Å². The molecule has 2 aromatic rings. The molecular formula is C13H11FINO3. The summed E-state index contributed by atoms with van der Waals surface area (Å²) in [4.78, 5) is 11.4. The highest BCUT2D eigenvalue weighted by Crippen LogP contribution is 2.21. The number of methoxy groups -OCH3 is 1. The first-order valence-electron chi connectivity index (χ1n) is 5.45. The minimum Gasteiger partial charge on any atom is -0.463 e. The summed E-state index contributed by atoms with van der Waals surface area (Å²) in [5, 5.41) is 3.12. The molecular weight excluding hydrogens is 364 g/mol. The van der Waals surface area contributed by atoms with Crippen LogP contribution in [0.2, 0.25) is 0 Å². The van der Waals surface area contributed by atoms with E-state index >= 15 is 0 Å². The number of hydrogen-bond acceptors (Lipinski definition) is 4. The van der Waals surface area contributed by atoms with Gasteiger partial charge in [0.25, 0.3) is 0 Å². The normalized spacial score (nSPS) is 10.3. The Morgan fingerprint density at radius 3 is 2.95 bits per heavy atom. The molecule has 0 aliphatic heterocycles. The molecule has 0 saturated heterocycles. The maximum Gasteiger partial charge on any atom is 0.374 e. The van der Waals surface area contributed by atoms with Gasteiger partial charge in [-0.05, 0) is 46.9 Å². The predicted octanol–water partition coefficient (Wildman–Crippen LogP) is 3.42. The fraction of sp³-hybridized carbons (Fsp3) is 0.154. The molecule has 0 amide bonds. The van der Waals surface area contributed by atoms with Gasteiger partial charge in [-0.1, -0.05) is 0 Å². The zero-order chi connectivity index (χ0) is 13.8. The van der Waals surface area contributed by atoms with E-state index < -0.39 is 5.97 Å². The molecule has 0 fully saturated rings. The maximum atomic E-state index is 13.0. The van der Waals surface area contributed by atoms with Gasteiger partial charge < -0.3 is 14.5 Å². The molecule has 100 valence electrons. The fourth-order valence-corrected chi connectivity index (χ4v) is 2.24. The van der Waals surface area contributed by atoms with Crippen molar-refractivity contribution in [1.82, 2.24) is 0 Å². The maximum absolute atomic E-state index is 13.0. The van der Waals surface area contributed by atoms with E-state index in [4.69, 9.17) is 4.42 Å². The summed E-state index contributed by atoms with van der Waals surface area (Å²) in [6, 6.07) is 6.14. The fourth-order valence-electron chi connectivity index (χ4n) is 1.57. The molecule has 0 aliphatic carbocycles. The average Bonchev–Trinajstić information content (AvgIpc) is 2.85. The lowest BCUT2D eigenvalue weighted by atomic mass is 10.2. The Morgan fingerprint density at radius 2 is 2.26 bits per heavy atom. The second-order valence-corrected chi connectivity index (χ2v) is 4.91. The van der Waals surface area contributed by atoms with E-state index in [0.29, 0.717) is 12.1 Å². The van der Waals surface area contributed by atoms with Crippen LogP contribution in [0.1, 0.15) is 16.1 Å². The summed E-state index contributed by atoms with van der Waals surface area (Å²) in [5.74, 6) is -0.628. The molecule has 1 aromatic heterocycles. The van der Waals surface area contributed by atoms with Gasteiger partial charge in [0.05, 0.1) is 13.4 Å². The first-order chi connectivity index (χ1) is 9.11. The molecule has 1 aromatic carbocycles. The molecule has 1 N–H and O–H groups in total. The molecule has 0 unspecified atom stereocenters. The highest BCUT2D eigenvalue weighted by Gasteiger charge is 2.15. The number of anilines is 1. The Morgan fingerprint density at radius 1 is 1.47 bits per heavy atom. The van der Waals surface area contributed by atoms with Crippen molar-refractivity contribution in [3.8, 4) is 0 Å². The van der Waals surface area contributed by atoms with E-state index in [1.807, 2.05) is 22.6 Å². The quantitative estimate of drug-likeness (QED) is 0.657. The van der Waals surface area contributed by atoms with Crippen molar-refractivity contribution < 1.29 is 18.3 Å². The summed E-state index contributed by atoms with van der Waals surface area (Å²) in [5.41, 5.74) is 1.48. The Kier molecular flexibility index (Phi) is 4.41. The van der Waals surface area contributed by atoms with E-state index in [1.165, 1.54) is 25.5 Å². The van der Waals surface area contributed by atoms with Crippen LogP contribution in [-0.4, -0.2) is 13.1 Å². The van der Waals surface area contributed by atoms with Crippen molar-refractivity contribution >= 4 is 34.2 Å². The Bertz CT molecular complexity index is 597. The molecule has 0 atom stereocenters. The molecule has 0 spiro atoms. The molecule has 0 radical (unpaired) electrons. The van der Waals surface area contributed by atoms with Crippen molar-refractivity contribution in [3.05, 3.63) is 51.2 Å². The summed E-state index contributed by atoms with van der Waals surface area (Å²) >= 11 is 2.04. The number of halogens is 2. The van der Waals surface area contributed by atoms with Crippen molar-refractivity contribution in [2.75, 3.05) is 12.4 Å². The molecule has 2 rings (SSSR count). The van der Waals surface area contributed by atoms with E-state index in [2.05, 4.69) is 10.1 Å². The van der Waals surface area contributed by atoms with Gasteiger partial charge in [-0.25, -0.2) is 9.18 Å². The van der Waals surface area contributed by atoms with E-state index in [-0.39, 0.29) is 11.6 Å². The van der Waals surface area contributed by atoms with Crippen LogP contribution >= 0.6 is 22.6 Å². The molecule has 0 saturated carbocycles. The van der Waals surface area contributed by atoms with Crippen LogP contribution in [0.25, 0.3) is 0 Å². The third-order valence-electron chi connectivity index (χ3n) is 2.52. The first kappa shape index (κ1) is 13.9. The highest BCUT2D eigenvalue weighted by atomic mass is 127. The van der Waals surface area contributed by atoms with E-state index in [0.717, 1.165) is 9.26 Å². The molecule has 1 heterocycles. The largest absolute Gasteiger partial charge is 0.463 e. The number of ether oxygens (including phenoxy) is 1. The summed E-state index contributed by atoms with van der Waals surface area (Å²) in [6.45, 7) is 0.391. The number of hydrogen-bond donors (Lipinski definition) is 1. The van der Waals surface area contributed by atoms with Crippen LogP contribution < -0.4 is 5.32 Å². The van der Waals surface area contributed by atoms with Gasteiger partial charge in [0.15, 0.2) is 0 Å². The Hall–Kier alpha value is -1.57. The lowest BCUT2D eigenvalue weighted by molar-refractivity contribution is 0.0563. The van der Waals surface area contributed by atoms with Crippen LogP contribution in [0, 0.1) is 9.39 Å². The number of carbonyl (C=O) groups excluding carboxylic acids is 1. The molecule has 0 aliphatic rings. The SMILES string of the molecule is COC(=O)c1occc1CNc1ccc(F)cc1I. The molecule has 6 heteroatoms. The average molecular weight is 375 g/mol. The van der Waals surface area contributed by atoms with Crippen LogP contribution in [0.15, 0.2) is 34.9 Å². The van der Waals surface area contributed by atoms with Gasteiger partial charge in [0.2, 0.25) is 5.76 Å². The minimum absolute atomic E-state index is 0.173. The zero-order valence-electron chi connectivity index (χ0n) is 10.1. The Labute approximate surface area is 123 Å². The van der Waals surface area contributed by atoms with Gasteiger partial charge in [-0.15, -0.1) is 0 Å². The second-order valence-electron chi connectivity index (χ2n) is 3.74. The first-order valence-corrected chi connectivity index (χ1v) is 6.53. The summed E-state index contributed by atoms with van der Waals surface area (Å²) in [7, 11) is 1.30. The zero-order valence-corrected chi connectivity index (χ0v) is 12.2. The van der Waals surface area contributed by atoms with E-state index in [9.17, 15) is 9.18 Å². The number of esters is 1. The van der Waals surface area contributed by atoms with Crippen molar-refractivity contribution in [1.29, 1.82) is 0 Å². The van der Waals surface area contributed by atoms with Crippen molar-refractivity contribution in [3.63, 3.8) is 0 Å². The Balaban J connectivity index is 2.10. The van der Waals surface area contributed by atoms with Crippen LogP contribution in [0.5, 0.6) is 0 Å².